The predicted octanol–water partition coefficient (Wildman–Crippen LogP) is 1.91. The van der Waals surface area contributed by atoms with Crippen molar-refractivity contribution in [2.45, 2.75) is 19.9 Å². The molecule has 0 bridgehead atoms. The summed E-state index contributed by atoms with van der Waals surface area (Å²) in [7, 11) is 0. The first-order chi connectivity index (χ1) is 8.40. The molecule has 0 atom stereocenters. The van der Waals surface area contributed by atoms with E-state index in [0.717, 1.165) is 0 Å². The van der Waals surface area contributed by atoms with Gasteiger partial charge in [0.05, 0.1) is 6.54 Å². The van der Waals surface area contributed by atoms with Crippen LogP contribution in [0.15, 0.2) is 18.2 Å². The molecule has 0 saturated carbocycles. The van der Waals surface area contributed by atoms with E-state index in [9.17, 15) is 4.79 Å². The molecule has 0 saturated heterocycles. The largest absolute Gasteiger partial charge is 0.389 e. The monoisotopic (exact) mass is 285 g/mol. The molecule has 1 amide bonds. The number of thiocarbonyl (C=S) groups is 1. The van der Waals surface area contributed by atoms with Crippen LogP contribution in [-0.2, 0) is 4.79 Å². The Kier molecular flexibility index (Phi) is 5.37. The second-order valence-corrected chi connectivity index (χ2v) is 5.01. The molecule has 6 heteroatoms. The lowest BCUT2D eigenvalue weighted by Crippen LogP contribution is -2.35. The predicted molar refractivity (Wildman–Crippen MR) is 79.1 cm³/mol. The normalized spacial score (nSPS) is 10.2. The van der Waals surface area contributed by atoms with E-state index < -0.39 is 0 Å². The number of amides is 1. The quantitative estimate of drug-likeness (QED) is 0.723. The van der Waals surface area contributed by atoms with E-state index in [1.54, 1.807) is 18.2 Å². The molecule has 0 spiro atoms. The summed E-state index contributed by atoms with van der Waals surface area (Å²) < 4.78 is 0. The fourth-order valence-corrected chi connectivity index (χ4v) is 1.76. The Bertz CT molecular complexity index is 463. The molecule has 0 aliphatic heterocycles. The molecule has 0 aliphatic carbocycles. The lowest BCUT2D eigenvalue weighted by Gasteiger charge is -2.13. The van der Waals surface area contributed by atoms with Gasteiger partial charge in [0.1, 0.15) is 4.99 Å². The topological polar surface area (TPSA) is 67.2 Å². The first-order valence-electron chi connectivity index (χ1n) is 5.52. The third-order valence-corrected chi connectivity index (χ3v) is 2.59. The molecule has 4 N–H and O–H groups in total. The lowest BCUT2D eigenvalue weighted by molar-refractivity contribution is -0.119. The summed E-state index contributed by atoms with van der Waals surface area (Å²) in [5.41, 5.74) is 6.94. The Labute approximate surface area is 117 Å². The fourth-order valence-electron chi connectivity index (χ4n) is 1.42. The summed E-state index contributed by atoms with van der Waals surface area (Å²) in [5, 5.41) is 6.32. The number of carbonyl (C=O) groups is 1. The molecule has 0 heterocycles. The molecular weight excluding hydrogens is 270 g/mol. The van der Waals surface area contributed by atoms with Crippen LogP contribution in [0.4, 0.5) is 5.69 Å². The van der Waals surface area contributed by atoms with Crippen molar-refractivity contribution in [1.29, 1.82) is 0 Å². The van der Waals surface area contributed by atoms with Crippen LogP contribution >= 0.6 is 23.8 Å². The minimum atomic E-state index is -0.0890. The van der Waals surface area contributed by atoms with Crippen molar-refractivity contribution < 1.29 is 4.79 Å². The number of nitrogens with two attached hydrogens (primary N) is 1. The maximum atomic E-state index is 11.5. The molecule has 0 fully saturated rings. The molecule has 4 nitrogen and oxygen atoms in total. The van der Waals surface area contributed by atoms with E-state index in [1.807, 2.05) is 13.8 Å². The van der Waals surface area contributed by atoms with E-state index in [2.05, 4.69) is 10.6 Å². The maximum absolute atomic E-state index is 11.5. The second kappa shape index (κ2) is 6.56. The van der Waals surface area contributed by atoms with E-state index in [0.29, 0.717) is 16.3 Å². The van der Waals surface area contributed by atoms with Gasteiger partial charge < -0.3 is 16.4 Å². The van der Waals surface area contributed by atoms with Crippen molar-refractivity contribution in [2.75, 3.05) is 11.9 Å². The van der Waals surface area contributed by atoms with Crippen molar-refractivity contribution in [1.82, 2.24) is 5.32 Å². The van der Waals surface area contributed by atoms with Gasteiger partial charge in [0.15, 0.2) is 0 Å². The number of anilines is 1. The molecule has 1 aromatic rings. The summed E-state index contributed by atoms with van der Waals surface area (Å²) in [4.78, 5) is 11.8. The number of rotatable bonds is 5. The number of carbonyl (C=O) groups excluding carboxylic acids is 1. The van der Waals surface area contributed by atoms with Gasteiger partial charge in [-0.15, -0.1) is 0 Å². The van der Waals surface area contributed by atoms with Gasteiger partial charge in [0, 0.05) is 22.3 Å². The van der Waals surface area contributed by atoms with Crippen LogP contribution in [0.1, 0.15) is 19.4 Å². The molecular formula is C12H16ClN3OS. The third kappa shape index (κ3) is 4.50. The molecule has 0 radical (unpaired) electrons. The SMILES string of the molecule is CC(C)NC(=O)CNc1ccc(Cl)cc1C(N)=S. The van der Waals surface area contributed by atoms with Crippen molar-refractivity contribution in [3.05, 3.63) is 28.8 Å². The van der Waals surface area contributed by atoms with Gasteiger partial charge in [-0.25, -0.2) is 0 Å². The Hall–Kier alpha value is -1.33. The average Bonchev–Trinajstić information content (AvgIpc) is 2.26. The lowest BCUT2D eigenvalue weighted by atomic mass is 10.1. The molecule has 1 aromatic carbocycles. The molecule has 0 aromatic heterocycles. The van der Waals surface area contributed by atoms with Crippen LogP contribution in [-0.4, -0.2) is 23.5 Å². The number of hydrogen-bond acceptors (Lipinski definition) is 3. The van der Waals surface area contributed by atoms with Crippen molar-refractivity contribution >= 4 is 40.4 Å². The minimum Gasteiger partial charge on any atom is -0.389 e. The Morgan fingerprint density at radius 3 is 2.72 bits per heavy atom. The van der Waals surface area contributed by atoms with E-state index in [1.165, 1.54) is 0 Å². The number of benzene rings is 1. The molecule has 18 heavy (non-hydrogen) atoms. The van der Waals surface area contributed by atoms with Gasteiger partial charge in [-0.2, -0.15) is 0 Å². The van der Waals surface area contributed by atoms with Crippen LogP contribution < -0.4 is 16.4 Å². The average molecular weight is 286 g/mol. The van der Waals surface area contributed by atoms with Gasteiger partial charge in [-0.05, 0) is 32.0 Å². The Morgan fingerprint density at radius 2 is 2.17 bits per heavy atom. The van der Waals surface area contributed by atoms with Gasteiger partial charge in [0.25, 0.3) is 0 Å². The van der Waals surface area contributed by atoms with Crippen LogP contribution in [0.3, 0.4) is 0 Å². The number of hydrogen-bond donors (Lipinski definition) is 3. The standard InChI is InChI=1S/C12H16ClN3OS/c1-7(2)16-11(17)6-15-10-4-3-8(13)5-9(10)12(14)18/h3-5,7,15H,6H2,1-2H3,(H2,14,18)(H,16,17). The highest BCUT2D eigenvalue weighted by Gasteiger charge is 2.08. The summed E-state index contributed by atoms with van der Waals surface area (Å²) in [6.45, 7) is 3.97. The van der Waals surface area contributed by atoms with E-state index in [-0.39, 0.29) is 23.5 Å². The molecule has 1 rings (SSSR count). The highest BCUT2D eigenvalue weighted by atomic mass is 35.5. The zero-order valence-electron chi connectivity index (χ0n) is 10.3. The third-order valence-electron chi connectivity index (χ3n) is 2.14. The zero-order chi connectivity index (χ0) is 13.7. The Morgan fingerprint density at radius 1 is 1.50 bits per heavy atom. The van der Waals surface area contributed by atoms with Crippen LogP contribution in [0, 0.1) is 0 Å². The highest BCUT2D eigenvalue weighted by Crippen LogP contribution is 2.20. The molecule has 0 aliphatic rings. The summed E-state index contributed by atoms with van der Waals surface area (Å²) >= 11 is 10.8. The first-order valence-corrected chi connectivity index (χ1v) is 6.31. The number of halogens is 1. The Balaban J connectivity index is 2.73. The summed E-state index contributed by atoms with van der Waals surface area (Å²) in [6, 6.07) is 5.25. The zero-order valence-corrected chi connectivity index (χ0v) is 11.9. The van der Waals surface area contributed by atoms with Gasteiger partial charge in [-0.3, -0.25) is 4.79 Å². The second-order valence-electron chi connectivity index (χ2n) is 4.13. The van der Waals surface area contributed by atoms with Gasteiger partial charge in [-0.1, -0.05) is 23.8 Å². The maximum Gasteiger partial charge on any atom is 0.239 e. The van der Waals surface area contributed by atoms with Gasteiger partial charge >= 0.3 is 0 Å². The highest BCUT2D eigenvalue weighted by molar-refractivity contribution is 7.80. The smallest absolute Gasteiger partial charge is 0.239 e. The summed E-state index contributed by atoms with van der Waals surface area (Å²) in [5.74, 6) is -0.0890. The van der Waals surface area contributed by atoms with Crippen molar-refractivity contribution in [3.8, 4) is 0 Å². The fraction of sp³-hybridized carbons (Fsp3) is 0.333. The molecule has 98 valence electrons. The van der Waals surface area contributed by atoms with Crippen LogP contribution in [0.25, 0.3) is 0 Å². The summed E-state index contributed by atoms with van der Waals surface area (Å²) in [6.07, 6.45) is 0. The minimum absolute atomic E-state index is 0.0890. The van der Waals surface area contributed by atoms with E-state index >= 15 is 0 Å². The van der Waals surface area contributed by atoms with Gasteiger partial charge in [0.2, 0.25) is 5.91 Å². The van der Waals surface area contributed by atoms with Crippen LogP contribution in [0.2, 0.25) is 5.02 Å². The van der Waals surface area contributed by atoms with Crippen molar-refractivity contribution in [3.63, 3.8) is 0 Å². The van der Waals surface area contributed by atoms with E-state index in [4.69, 9.17) is 29.6 Å². The van der Waals surface area contributed by atoms with Crippen LogP contribution in [0.5, 0.6) is 0 Å². The number of nitrogens with one attached hydrogen (secondary N) is 2. The first kappa shape index (κ1) is 14.7. The van der Waals surface area contributed by atoms with Crippen molar-refractivity contribution in [2.24, 2.45) is 5.73 Å². The molecule has 0 unspecified atom stereocenters.